The van der Waals surface area contributed by atoms with Gasteiger partial charge in [-0.15, -0.1) is 0 Å². The molecule has 0 aromatic carbocycles. The highest BCUT2D eigenvalue weighted by Crippen LogP contribution is 2.27. The lowest BCUT2D eigenvalue weighted by Gasteiger charge is -2.22. The topological polar surface area (TPSA) is 35.2 Å². The molecule has 0 radical (unpaired) electrons. The largest absolute Gasteiger partial charge is 0.496 e. The fourth-order valence-electron chi connectivity index (χ4n) is 1.53. The van der Waals surface area contributed by atoms with E-state index in [0.717, 1.165) is 6.42 Å². The molecule has 0 aromatic heterocycles. The predicted molar refractivity (Wildman–Crippen MR) is 55.2 cm³/mol. The number of ether oxygens (including phenoxy) is 1. The number of nitrogens with two attached hydrogens (primary N) is 1. The summed E-state index contributed by atoms with van der Waals surface area (Å²) >= 11 is 0. The van der Waals surface area contributed by atoms with Gasteiger partial charge in [0.25, 0.3) is 0 Å². The van der Waals surface area contributed by atoms with Gasteiger partial charge in [-0.3, -0.25) is 0 Å². The summed E-state index contributed by atoms with van der Waals surface area (Å²) in [5.74, 6) is 1.08. The minimum absolute atomic E-state index is 0.160. The van der Waals surface area contributed by atoms with E-state index in [1.807, 2.05) is 6.26 Å². The third-order valence-electron chi connectivity index (χ3n) is 2.77. The van der Waals surface area contributed by atoms with Gasteiger partial charge in [-0.1, -0.05) is 27.7 Å². The van der Waals surface area contributed by atoms with E-state index in [-0.39, 0.29) is 12.1 Å². The molecule has 2 atom stereocenters. The lowest BCUT2D eigenvalue weighted by molar-refractivity contribution is 0.123. The molecule has 0 bridgehead atoms. The van der Waals surface area contributed by atoms with Gasteiger partial charge < -0.3 is 10.5 Å². The summed E-state index contributed by atoms with van der Waals surface area (Å²) in [6.45, 7) is 8.67. The maximum atomic E-state index is 6.03. The van der Waals surface area contributed by atoms with Crippen molar-refractivity contribution in [1.29, 1.82) is 0 Å². The van der Waals surface area contributed by atoms with Gasteiger partial charge in [0.15, 0.2) is 0 Å². The van der Waals surface area contributed by atoms with Gasteiger partial charge in [0.05, 0.1) is 6.26 Å². The summed E-state index contributed by atoms with van der Waals surface area (Å²) in [6.07, 6.45) is 3.12. The molecule has 13 heavy (non-hydrogen) atoms. The molecule has 1 rings (SSSR count). The molecule has 0 fully saturated rings. The van der Waals surface area contributed by atoms with Crippen molar-refractivity contribution in [3.8, 4) is 0 Å². The number of rotatable bonds is 3. The molecule has 1 aliphatic rings. The van der Waals surface area contributed by atoms with Crippen molar-refractivity contribution in [2.45, 2.75) is 46.3 Å². The monoisotopic (exact) mass is 183 g/mol. The van der Waals surface area contributed by atoms with E-state index >= 15 is 0 Å². The maximum Gasteiger partial charge on any atom is 0.117 e. The SMILES string of the molecule is CC(C)C1=COC([C@H](N)C(C)C)C1. The van der Waals surface area contributed by atoms with Gasteiger partial charge in [-0.2, -0.15) is 0 Å². The van der Waals surface area contributed by atoms with E-state index in [9.17, 15) is 0 Å². The van der Waals surface area contributed by atoms with Crippen LogP contribution in [0.5, 0.6) is 0 Å². The van der Waals surface area contributed by atoms with E-state index in [2.05, 4.69) is 27.7 Å². The van der Waals surface area contributed by atoms with Gasteiger partial charge in [0.1, 0.15) is 6.10 Å². The zero-order valence-electron chi connectivity index (χ0n) is 9.08. The first-order valence-corrected chi connectivity index (χ1v) is 5.12. The number of hydrogen-bond donors (Lipinski definition) is 1. The van der Waals surface area contributed by atoms with Crippen molar-refractivity contribution in [2.24, 2.45) is 17.6 Å². The highest BCUT2D eigenvalue weighted by molar-refractivity contribution is 5.09. The van der Waals surface area contributed by atoms with E-state index < -0.39 is 0 Å². The molecule has 0 saturated carbocycles. The highest BCUT2D eigenvalue weighted by Gasteiger charge is 2.27. The van der Waals surface area contributed by atoms with Crippen molar-refractivity contribution < 1.29 is 4.74 Å². The Balaban J connectivity index is 2.45. The average molecular weight is 183 g/mol. The van der Waals surface area contributed by atoms with E-state index in [1.54, 1.807) is 0 Å². The molecule has 0 saturated heterocycles. The standard InChI is InChI=1S/C11H21NO/c1-7(2)9-5-10(13-6-9)11(12)8(3)4/h6-8,10-11H,5,12H2,1-4H3/t10?,11-/m1/s1. The fourth-order valence-corrected chi connectivity index (χ4v) is 1.53. The van der Waals surface area contributed by atoms with E-state index in [0.29, 0.717) is 11.8 Å². The van der Waals surface area contributed by atoms with Crippen LogP contribution in [0.1, 0.15) is 34.1 Å². The Morgan fingerprint density at radius 1 is 1.38 bits per heavy atom. The van der Waals surface area contributed by atoms with Crippen LogP contribution >= 0.6 is 0 Å². The Morgan fingerprint density at radius 2 is 2.00 bits per heavy atom. The van der Waals surface area contributed by atoms with Crippen LogP contribution in [-0.2, 0) is 4.74 Å². The first-order valence-electron chi connectivity index (χ1n) is 5.12. The van der Waals surface area contributed by atoms with Crippen molar-refractivity contribution >= 4 is 0 Å². The van der Waals surface area contributed by atoms with Crippen molar-refractivity contribution in [3.05, 3.63) is 11.8 Å². The van der Waals surface area contributed by atoms with Crippen LogP contribution in [0.3, 0.4) is 0 Å². The van der Waals surface area contributed by atoms with Gasteiger partial charge in [0.2, 0.25) is 0 Å². The highest BCUT2D eigenvalue weighted by atomic mass is 16.5. The third-order valence-corrected chi connectivity index (χ3v) is 2.77. The lowest BCUT2D eigenvalue weighted by atomic mass is 9.93. The summed E-state index contributed by atoms with van der Waals surface area (Å²) in [7, 11) is 0. The van der Waals surface area contributed by atoms with Crippen LogP contribution in [0, 0.1) is 11.8 Å². The normalized spacial score (nSPS) is 24.8. The first kappa shape index (κ1) is 10.6. The Hall–Kier alpha value is -0.500. The zero-order valence-corrected chi connectivity index (χ0v) is 9.08. The second-order valence-electron chi connectivity index (χ2n) is 4.55. The average Bonchev–Trinajstić information content (AvgIpc) is 2.50. The predicted octanol–water partition coefficient (Wildman–Crippen LogP) is 2.30. The van der Waals surface area contributed by atoms with Gasteiger partial charge >= 0.3 is 0 Å². The summed E-state index contributed by atoms with van der Waals surface area (Å²) in [5, 5.41) is 0. The molecule has 0 amide bonds. The Kier molecular flexibility index (Phi) is 3.37. The minimum Gasteiger partial charge on any atom is -0.496 e. The van der Waals surface area contributed by atoms with E-state index in [4.69, 9.17) is 10.5 Å². The smallest absolute Gasteiger partial charge is 0.117 e. The molecule has 0 aromatic rings. The van der Waals surface area contributed by atoms with Crippen LogP contribution in [-0.4, -0.2) is 12.1 Å². The van der Waals surface area contributed by atoms with Gasteiger partial charge in [0, 0.05) is 12.5 Å². The Labute approximate surface area is 81.1 Å². The zero-order chi connectivity index (χ0) is 10.0. The second kappa shape index (κ2) is 4.14. The third kappa shape index (κ3) is 2.47. The molecular formula is C11H21NO. The van der Waals surface area contributed by atoms with Crippen LogP contribution in [0.4, 0.5) is 0 Å². The molecule has 1 heterocycles. The molecule has 0 aliphatic carbocycles. The maximum absolute atomic E-state index is 6.03. The van der Waals surface area contributed by atoms with Crippen LogP contribution in [0.25, 0.3) is 0 Å². The second-order valence-corrected chi connectivity index (χ2v) is 4.55. The van der Waals surface area contributed by atoms with Crippen LogP contribution in [0.2, 0.25) is 0 Å². The summed E-state index contributed by atoms with van der Waals surface area (Å²) < 4.78 is 5.56. The summed E-state index contributed by atoms with van der Waals surface area (Å²) in [4.78, 5) is 0. The molecule has 2 heteroatoms. The molecular weight excluding hydrogens is 162 g/mol. The number of hydrogen-bond acceptors (Lipinski definition) is 2. The first-order chi connectivity index (χ1) is 6.02. The molecule has 0 spiro atoms. The molecule has 76 valence electrons. The molecule has 2 N–H and O–H groups in total. The fraction of sp³-hybridized carbons (Fsp3) is 0.818. The van der Waals surface area contributed by atoms with Crippen molar-refractivity contribution in [2.75, 3.05) is 0 Å². The summed E-state index contributed by atoms with van der Waals surface area (Å²) in [6, 6.07) is 0.160. The molecule has 1 unspecified atom stereocenters. The Morgan fingerprint density at radius 3 is 2.38 bits per heavy atom. The minimum atomic E-state index is 0.160. The lowest BCUT2D eigenvalue weighted by Crippen LogP contribution is -2.38. The van der Waals surface area contributed by atoms with Crippen molar-refractivity contribution in [1.82, 2.24) is 0 Å². The quantitative estimate of drug-likeness (QED) is 0.728. The van der Waals surface area contributed by atoms with Crippen LogP contribution < -0.4 is 5.73 Å². The Bertz CT molecular complexity index is 196. The van der Waals surface area contributed by atoms with Gasteiger partial charge in [-0.05, 0) is 17.4 Å². The van der Waals surface area contributed by atoms with Crippen molar-refractivity contribution in [3.63, 3.8) is 0 Å². The molecule has 1 aliphatic heterocycles. The summed E-state index contributed by atoms with van der Waals surface area (Å²) in [5.41, 5.74) is 7.42. The van der Waals surface area contributed by atoms with E-state index in [1.165, 1.54) is 5.57 Å². The van der Waals surface area contributed by atoms with Crippen LogP contribution in [0.15, 0.2) is 11.8 Å². The van der Waals surface area contributed by atoms with Gasteiger partial charge in [-0.25, -0.2) is 0 Å². The molecule has 2 nitrogen and oxygen atoms in total.